The smallest absolute Gasteiger partial charge is 0.266 e. The number of hydrogen-bond donors (Lipinski definition) is 0. The minimum Gasteiger partial charge on any atom is -0.489 e. The molecule has 4 nitrogen and oxygen atoms in total. The lowest BCUT2D eigenvalue weighted by atomic mass is 10.1. The summed E-state index contributed by atoms with van der Waals surface area (Å²) in [6.45, 7) is 2.45. The Kier molecular flexibility index (Phi) is 6.71. The van der Waals surface area contributed by atoms with E-state index in [1.165, 1.54) is 23.9 Å². The molecule has 1 saturated heterocycles. The van der Waals surface area contributed by atoms with Crippen molar-refractivity contribution in [1.82, 2.24) is 4.90 Å². The van der Waals surface area contributed by atoms with E-state index in [4.69, 9.17) is 9.73 Å². The molecule has 0 N–H and O–H groups in total. The van der Waals surface area contributed by atoms with Gasteiger partial charge in [0.25, 0.3) is 5.91 Å². The molecule has 0 bridgehead atoms. The molecule has 1 fully saturated rings. The molecule has 1 heterocycles. The van der Waals surface area contributed by atoms with Crippen LogP contribution in [0.15, 0.2) is 82.7 Å². The van der Waals surface area contributed by atoms with Crippen LogP contribution in [0.2, 0.25) is 0 Å². The average molecular weight is 447 g/mol. The molecule has 0 radical (unpaired) electrons. The standard InChI is InChI=1S/C26H23FN2O2S/c1-3-20-6-4-5-7-23(20)28-26-29(2)25(30)24(32-26)16-18-10-14-22(15-11-18)31-17-19-8-12-21(27)13-9-19/h4-16H,3,17H2,1-2H3/b24-16+,28-26?. The first-order chi connectivity index (χ1) is 15.5. The number of ether oxygens (including phenoxy) is 1. The van der Waals surface area contributed by atoms with Crippen LogP contribution in [0.3, 0.4) is 0 Å². The molecular formula is C26H23FN2O2S. The molecule has 0 aromatic heterocycles. The Labute approximate surface area is 191 Å². The van der Waals surface area contributed by atoms with Crippen LogP contribution in [0.25, 0.3) is 6.08 Å². The van der Waals surface area contributed by atoms with Gasteiger partial charge in [-0.1, -0.05) is 49.4 Å². The highest BCUT2D eigenvalue weighted by Crippen LogP contribution is 2.34. The SMILES string of the molecule is CCc1ccccc1N=C1S/C(=C/c2ccc(OCc3ccc(F)cc3)cc2)C(=O)N1C. The fourth-order valence-electron chi connectivity index (χ4n) is 3.23. The average Bonchev–Trinajstić information content (AvgIpc) is 3.07. The number of carbonyl (C=O) groups is 1. The lowest BCUT2D eigenvalue weighted by molar-refractivity contribution is -0.121. The van der Waals surface area contributed by atoms with E-state index in [0.29, 0.717) is 22.4 Å². The number of likely N-dealkylation sites (N-methyl/N-ethyl adjacent to an activating group) is 1. The number of rotatable bonds is 6. The van der Waals surface area contributed by atoms with Gasteiger partial charge in [-0.25, -0.2) is 9.38 Å². The number of nitrogens with zero attached hydrogens (tertiary/aromatic N) is 2. The number of amidine groups is 1. The minimum atomic E-state index is -0.265. The van der Waals surface area contributed by atoms with Crippen molar-refractivity contribution in [1.29, 1.82) is 0 Å². The van der Waals surface area contributed by atoms with Gasteiger partial charge >= 0.3 is 0 Å². The maximum absolute atomic E-state index is 13.0. The molecule has 0 spiro atoms. The Morgan fingerprint density at radius 3 is 2.47 bits per heavy atom. The van der Waals surface area contributed by atoms with Gasteiger partial charge in [0.05, 0.1) is 10.6 Å². The zero-order valence-electron chi connectivity index (χ0n) is 17.9. The molecule has 6 heteroatoms. The summed E-state index contributed by atoms with van der Waals surface area (Å²) in [5, 5.41) is 0.668. The van der Waals surface area contributed by atoms with Gasteiger partial charge in [0.15, 0.2) is 5.17 Å². The largest absolute Gasteiger partial charge is 0.489 e. The summed E-state index contributed by atoms with van der Waals surface area (Å²) in [6.07, 6.45) is 2.75. The molecule has 0 aliphatic carbocycles. The normalized spacial score (nSPS) is 16.2. The van der Waals surface area contributed by atoms with E-state index < -0.39 is 0 Å². The number of amides is 1. The second-order valence-corrected chi connectivity index (χ2v) is 8.34. The Morgan fingerprint density at radius 2 is 1.75 bits per heavy atom. The lowest BCUT2D eigenvalue weighted by Crippen LogP contribution is -2.23. The van der Waals surface area contributed by atoms with E-state index in [1.54, 1.807) is 24.1 Å². The first-order valence-electron chi connectivity index (χ1n) is 10.3. The predicted octanol–water partition coefficient (Wildman–Crippen LogP) is 6.20. The number of benzene rings is 3. The van der Waals surface area contributed by atoms with E-state index in [9.17, 15) is 9.18 Å². The first-order valence-corrected chi connectivity index (χ1v) is 11.2. The molecule has 32 heavy (non-hydrogen) atoms. The summed E-state index contributed by atoms with van der Waals surface area (Å²) >= 11 is 1.37. The quantitative estimate of drug-likeness (QED) is 0.423. The van der Waals surface area contributed by atoms with Crippen molar-refractivity contribution in [3.63, 3.8) is 0 Å². The molecule has 162 valence electrons. The molecule has 1 aliphatic heterocycles. The topological polar surface area (TPSA) is 41.9 Å². The molecule has 1 aliphatic rings. The van der Waals surface area contributed by atoms with Gasteiger partial charge in [-0.05, 0) is 71.3 Å². The van der Waals surface area contributed by atoms with Gasteiger partial charge in [0.1, 0.15) is 18.2 Å². The highest BCUT2D eigenvalue weighted by Gasteiger charge is 2.30. The van der Waals surface area contributed by atoms with Crippen molar-refractivity contribution < 1.29 is 13.9 Å². The maximum Gasteiger partial charge on any atom is 0.266 e. The van der Waals surface area contributed by atoms with E-state index in [2.05, 4.69) is 13.0 Å². The highest BCUT2D eigenvalue weighted by molar-refractivity contribution is 8.18. The number of para-hydroxylation sites is 1. The van der Waals surface area contributed by atoms with Gasteiger partial charge in [0, 0.05) is 7.05 Å². The van der Waals surface area contributed by atoms with Crippen molar-refractivity contribution >= 4 is 34.6 Å². The molecule has 3 aromatic carbocycles. The third-order valence-electron chi connectivity index (χ3n) is 5.09. The fraction of sp³-hybridized carbons (Fsp3) is 0.154. The van der Waals surface area contributed by atoms with Crippen LogP contribution in [-0.2, 0) is 17.8 Å². The summed E-state index contributed by atoms with van der Waals surface area (Å²) in [5.74, 6) is 0.371. The van der Waals surface area contributed by atoms with Gasteiger partial charge in [-0.3, -0.25) is 9.69 Å². The molecule has 0 atom stereocenters. The molecule has 0 saturated carbocycles. The number of aryl methyl sites for hydroxylation is 1. The zero-order valence-corrected chi connectivity index (χ0v) is 18.7. The Morgan fingerprint density at radius 1 is 1.03 bits per heavy atom. The third kappa shape index (κ3) is 5.08. The minimum absolute atomic E-state index is 0.0700. The van der Waals surface area contributed by atoms with Crippen LogP contribution in [0.5, 0.6) is 5.75 Å². The number of thioether (sulfide) groups is 1. The highest BCUT2D eigenvalue weighted by atomic mass is 32.2. The van der Waals surface area contributed by atoms with Crippen LogP contribution in [0.4, 0.5) is 10.1 Å². The summed E-state index contributed by atoms with van der Waals surface area (Å²) in [7, 11) is 1.75. The maximum atomic E-state index is 13.0. The Balaban J connectivity index is 1.45. The lowest BCUT2D eigenvalue weighted by Gasteiger charge is -2.08. The summed E-state index contributed by atoms with van der Waals surface area (Å²) in [5.41, 5.74) is 3.83. The predicted molar refractivity (Wildman–Crippen MR) is 128 cm³/mol. The van der Waals surface area contributed by atoms with Gasteiger partial charge in [-0.2, -0.15) is 0 Å². The second kappa shape index (κ2) is 9.83. The summed E-state index contributed by atoms with van der Waals surface area (Å²) < 4.78 is 18.8. The van der Waals surface area contributed by atoms with Gasteiger partial charge in [0.2, 0.25) is 0 Å². The number of aliphatic imine (C=N–C) groups is 1. The van der Waals surface area contributed by atoms with E-state index in [0.717, 1.165) is 28.8 Å². The van der Waals surface area contributed by atoms with Crippen LogP contribution >= 0.6 is 11.8 Å². The summed E-state index contributed by atoms with van der Waals surface area (Å²) in [4.78, 5) is 19.7. The second-order valence-electron chi connectivity index (χ2n) is 7.34. The van der Waals surface area contributed by atoms with Crippen molar-refractivity contribution in [3.8, 4) is 5.75 Å². The molecule has 1 amide bonds. The van der Waals surface area contributed by atoms with Crippen LogP contribution in [0.1, 0.15) is 23.6 Å². The zero-order chi connectivity index (χ0) is 22.5. The van der Waals surface area contributed by atoms with Crippen molar-refractivity contribution in [2.75, 3.05) is 7.05 Å². The van der Waals surface area contributed by atoms with Gasteiger partial charge < -0.3 is 4.74 Å². The number of halogens is 1. The Bertz CT molecular complexity index is 1170. The van der Waals surface area contributed by atoms with Crippen molar-refractivity contribution in [3.05, 3.63) is 100 Å². The van der Waals surface area contributed by atoms with Crippen molar-refractivity contribution in [2.45, 2.75) is 20.0 Å². The molecule has 3 aromatic rings. The molecular weight excluding hydrogens is 423 g/mol. The van der Waals surface area contributed by atoms with E-state index in [-0.39, 0.29) is 11.7 Å². The number of hydrogen-bond acceptors (Lipinski definition) is 4. The van der Waals surface area contributed by atoms with Crippen LogP contribution in [0, 0.1) is 5.82 Å². The van der Waals surface area contributed by atoms with E-state index in [1.807, 2.05) is 48.5 Å². The third-order valence-corrected chi connectivity index (χ3v) is 6.15. The summed E-state index contributed by atoms with van der Waals surface area (Å²) in [6, 6.07) is 21.7. The molecule has 0 unspecified atom stereocenters. The first kappa shape index (κ1) is 21.8. The monoisotopic (exact) mass is 446 g/mol. The number of carbonyl (C=O) groups excluding carboxylic acids is 1. The van der Waals surface area contributed by atoms with Crippen LogP contribution in [-0.4, -0.2) is 23.0 Å². The van der Waals surface area contributed by atoms with Gasteiger partial charge in [-0.15, -0.1) is 0 Å². The van der Waals surface area contributed by atoms with E-state index >= 15 is 0 Å². The Hall–Kier alpha value is -3.38. The van der Waals surface area contributed by atoms with Crippen molar-refractivity contribution in [2.24, 2.45) is 4.99 Å². The molecule has 4 rings (SSSR count). The van der Waals surface area contributed by atoms with Crippen LogP contribution < -0.4 is 4.74 Å². The fourth-order valence-corrected chi connectivity index (χ4v) is 4.21.